The number of rotatable bonds is 8. The quantitative estimate of drug-likeness (QED) is 0.319. The van der Waals surface area contributed by atoms with Gasteiger partial charge in [0, 0.05) is 22.3 Å². The number of halogens is 1. The molecule has 0 spiro atoms. The van der Waals surface area contributed by atoms with Gasteiger partial charge in [-0.3, -0.25) is 9.36 Å². The molecule has 0 aliphatic carbocycles. The van der Waals surface area contributed by atoms with Gasteiger partial charge in [-0.2, -0.15) is 0 Å². The van der Waals surface area contributed by atoms with Crippen molar-refractivity contribution in [3.05, 3.63) is 77.3 Å². The van der Waals surface area contributed by atoms with Crippen molar-refractivity contribution in [2.45, 2.75) is 12.1 Å². The van der Waals surface area contributed by atoms with Gasteiger partial charge in [-0.25, -0.2) is 0 Å². The van der Waals surface area contributed by atoms with E-state index in [9.17, 15) is 4.79 Å². The molecule has 1 heterocycles. The molecule has 0 saturated heterocycles. The van der Waals surface area contributed by atoms with Crippen LogP contribution in [0.1, 0.15) is 5.56 Å². The smallest absolute Gasteiger partial charge is 0.234 e. The number of thioether (sulfide) groups is 1. The fourth-order valence-electron chi connectivity index (χ4n) is 3.32. The Hall–Kier alpha value is -3.49. The van der Waals surface area contributed by atoms with Crippen LogP contribution in [0.15, 0.2) is 71.9 Å². The molecular formula is C25H23ClN4O3S. The average molecular weight is 495 g/mol. The lowest BCUT2D eigenvalue weighted by atomic mass is 10.2. The maximum absolute atomic E-state index is 12.7. The van der Waals surface area contributed by atoms with E-state index in [1.807, 2.05) is 60.0 Å². The minimum atomic E-state index is -0.198. The van der Waals surface area contributed by atoms with E-state index in [4.69, 9.17) is 21.1 Å². The van der Waals surface area contributed by atoms with Crippen molar-refractivity contribution in [3.8, 4) is 28.6 Å². The second-order valence-electron chi connectivity index (χ2n) is 7.39. The molecule has 174 valence electrons. The molecule has 1 N–H and O–H groups in total. The number of nitrogens with one attached hydrogen (secondary N) is 1. The van der Waals surface area contributed by atoms with Gasteiger partial charge in [0.15, 0.2) is 11.0 Å². The molecule has 0 saturated carbocycles. The first-order chi connectivity index (χ1) is 16.5. The number of hydrogen-bond acceptors (Lipinski definition) is 6. The second kappa shape index (κ2) is 10.6. The van der Waals surface area contributed by atoms with Crippen LogP contribution in [-0.4, -0.2) is 40.6 Å². The summed E-state index contributed by atoms with van der Waals surface area (Å²) in [5, 5.41) is 12.9. The Labute approximate surface area is 207 Å². The van der Waals surface area contributed by atoms with Gasteiger partial charge in [-0.1, -0.05) is 53.2 Å². The van der Waals surface area contributed by atoms with Crippen LogP contribution >= 0.6 is 23.4 Å². The molecule has 3 aromatic carbocycles. The summed E-state index contributed by atoms with van der Waals surface area (Å²) in [6.45, 7) is 2.03. The van der Waals surface area contributed by atoms with Gasteiger partial charge in [0.25, 0.3) is 0 Å². The molecular weight excluding hydrogens is 472 g/mol. The Balaban J connectivity index is 1.58. The van der Waals surface area contributed by atoms with Crippen LogP contribution in [0, 0.1) is 6.92 Å². The van der Waals surface area contributed by atoms with E-state index >= 15 is 0 Å². The number of carbonyl (C=O) groups excluding carboxylic acids is 1. The van der Waals surface area contributed by atoms with Gasteiger partial charge in [0.2, 0.25) is 5.91 Å². The van der Waals surface area contributed by atoms with Crippen molar-refractivity contribution in [2.75, 3.05) is 25.3 Å². The van der Waals surface area contributed by atoms with E-state index < -0.39 is 0 Å². The number of hydrogen-bond donors (Lipinski definition) is 1. The summed E-state index contributed by atoms with van der Waals surface area (Å²) < 4.78 is 12.5. The minimum absolute atomic E-state index is 0.134. The monoisotopic (exact) mass is 494 g/mol. The first-order valence-electron chi connectivity index (χ1n) is 10.4. The van der Waals surface area contributed by atoms with Gasteiger partial charge < -0.3 is 14.8 Å². The van der Waals surface area contributed by atoms with Crippen molar-refractivity contribution in [3.63, 3.8) is 0 Å². The number of methoxy groups -OCH3 is 2. The maximum atomic E-state index is 12.7. The molecule has 9 heteroatoms. The molecule has 0 bridgehead atoms. The molecule has 0 aliphatic rings. The Bertz CT molecular complexity index is 1310. The van der Waals surface area contributed by atoms with Gasteiger partial charge in [0.1, 0.15) is 11.5 Å². The first kappa shape index (κ1) is 23.7. The lowest BCUT2D eigenvalue weighted by molar-refractivity contribution is -0.113. The molecule has 0 atom stereocenters. The van der Waals surface area contributed by atoms with Crippen molar-refractivity contribution in [2.24, 2.45) is 0 Å². The minimum Gasteiger partial charge on any atom is -0.497 e. The lowest BCUT2D eigenvalue weighted by Gasteiger charge is -2.12. The molecule has 0 fully saturated rings. The molecule has 0 aliphatic heterocycles. The number of ether oxygens (including phenoxy) is 2. The number of nitrogens with zero attached hydrogens (tertiary/aromatic N) is 3. The van der Waals surface area contributed by atoms with E-state index in [0.717, 1.165) is 16.8 Å². The van der Waals surface area contributed by atoms with Crippen LogP contribution in [0.25, 0.3) is 17.1 Å². The number of benzene rings is 3. The van der Waals surface area contributed by atoms with E-state index in [2.05, 4.69) is 15.5 Å². The van der Waals surface area contributed by atoms with Crippen LogP contribution in [0.4, 0.5) is 5.69 Å². The Kier molecular flexibility index (Phi) is 7.40. The van der Waals surface area contributed by atoms with E-state index in [-0.39, 0.29) is 11.7 Å². The zero-order valence-electron chi connectivity index (χ0n) is 18.9. The summed E-state index contributed by atoms with van der Waals surface area (Å²) >= 11 is 7.50. The molecule has 0 radical (unpaired) electrons. The van der Waals surface area contributed by atoms with Gasteiger partial charge >= 0.3 is 0 Å². The summed E-state index contributed by atoms with van der Waals surface area (Å²) in [4.78, 5) is 12.7. The second-order valence-corrected chi connectivity index (χ2v) is 8.77. The summed E-state index contributed by atoms with van der Waals surface area (Å²) in [5.41, 5.74) is 3.43. The van der Waals surface area contributed by atoms with E-state index in [0.29, 0.717) is 33.2 Å². The van der Waals surface area contributed by atoms with Gasteiger partial charge in [-0.05, 0) is 43.3 Å². The highest BCUT2D eigenvalue weighted by molar-refractivity contribution is 7.99. The number of aromatic nitrogens is 3. The van der Waals surface area contributed by atoms with Crippen molar-refractivity contribution in [1.82, 2.24) is 14.8 Å². The Morgan fingerprint density at radius 1 is 1.03 bits per heavy atom. The predicted molar refractivity (Wildman–Crippen MR) is 135 cm³/mol. The van der Waals surface area contributed by atoms with Crippen molar-refractivity contribution < 1.29 is 14.3 Å². The average Bonchev–Trinajstić information content (AvgIpc) is 3.27. The third-order valence-electron chi connectivity index (χ3n) is 5.02. The summed E-state index contributed by atoms with van der Waals surface area (Å²) in [6, 6.07) is 20.7. The Morgan fingerprint density at radius 2 is 1.82 bits per heavy atom. The fraction of sp³-hybridized carbons (Fsp3) is 0.160. The fourth-order valence-corrected chi connectivity index (χ4v) is 4.26. The molecule has 4 rings (SSSR count). The van der Waals surface area contributed by atoms with Crippen LogP contribution in [0.2, 0.25) is 5.02 Å². The van der Waals surface area contributed by atoms with Crippen LogP contribution in [0.5, 0.6) is 11.5 Å². The zero-order chi connectivity index (χ0) is 24.1. The number of aryl methyl sites for hydroxylation is 1. The summed E-state index contributed by atoms with van der Waals surface area (Å²) in [5.74, 6) is 1.74. The highest BCUT2D eigenvalue weighted by atomic mass is 35.5. The van der Waals surface area contributed by atoms with Gasteiger partial charge in [0.05, 0.1) is 25.7 Å². The number of anilines is 1. The third-order valence-corrected chi connectivity index (χ3v) is 6.19. The van der Waals surface area contributed by atoms with Crippen molar-refractivity contribution >= 4 is 35.0 Å². The summed E-state index contributed by atoms with van der Waals surface area (Å²) in [6.07, 6.45) is 0. The zero-order valence-corrected chi connectivity index (χ0v) is 20.5. The predicted octanol–water partition coefficient (Wildman–Crippen LogP) is 5.64. The molecule has 7 nitrogen and oxygen atoms in total. The molecule has 1 aromatic heterocycles. The van der Waals surface area contributed by atoms with E-state index in [1.54, 1.807) is 32.4 Å². The lowest BCUT2D eigenvalue weighted by Crippen LogP contribution is -2.15. The number of amides is 1. The maximum Gasteiger partial charge on any atom is 0.234 e. The van der Waals surface area contributed by atoms with Crippen LogP contribution < -0.4 is 14.8 Å². The molecule has 1 amide bonds. The highest BCUT2D eigenvalue weighted by Crippen LogP contribution is 2.31. The topological polar surface area (TPSA) is 78.3 Å². The summed E-state index contributed by atoms with van der Waals surface area (Å²) in [7, 11) is 3.12. The number of carbonyl (C=O) groups is 1. The Morgan fingerprint density at radius 3 is 2.53 bits per heavy atom. The molecule has 34 heavy (non-hydrogen) atoms. The van der Waals surface area contributed by atoms with Crippen molar-refractivity contribution in [1.29, 1.82) is 0 Å². The van der Waals surface area contributed by atoms with Gasteiger partial charge in [-0.15, -0.1) is 10.2 Å². The van der Waals surface area contributed by atoms with Crippen LogP contribution in [-0.2, 0) is 4.79 Å². The first-order valence-corrected chi connectivity index (χ1v) is 11.8. The normalized spacial score (nSPS) is 10.7. The SMILES string of the molecule is COc1ccc(NC(=O)CSc2nnc(-c3cccc(Cl)c3)n2-c2ccc(C)cc2)c(OC)c1. The highest BCUT2D eigenvalue weighted by Gasteiger charge is 2.18. The van der Waals surface area contributed by atoms with Crippen LogP contribution in [0.3, 0.4) is 0 Å². The third kappa shape index (κ3) is 5.35. The standard InChI is InChI=1S/C25H23ClN4O3S/c1-16-7-9-19(10-8-16)30-24(17-5-4-6-18(26)13-17)28-29-25(30)34-15-23(31)27-21-12-11-20(32-2)14-22(21)33-3/h4-14H,15H2,1-3H3,(H,27,31). The molecule has 4 aromatic rings. The van der Waals surface area contributed by atoms with E-state index in [1.165, 1.54) is 11.8 Å². The molecule has 0 unspecified atom stereocenters. The largest absolute Gasteiger partial charge is 0.497 e.